The first-order valence-corrected chi connectivity index (χ1v) is 4.98. The summed E-state index contributed by atoms with van der Waals surface area (Å²) < 4.78 is 5.44. The molecule has 3 heteroatoms. The zero-order valence-corrected chi connectivity index (χ0v) is 8.84. The van der Waals surface area contributed by atoms with E-state index in [1.807, 2.05) is 0 Å². The van der Waals surface area contributed by atoms with Gasteiger partial charge in [-0.25, -0.2) is 0 Å². The quantitative estimate of drug-likeness (QED) is 0.713. The Balaban J connectivity index is 2.73. The van der Waals surface area contributed by atoms with Crippen LogP contribution in [0.5, 0.6) is 5.75 Å². The lowest BCUT2D eigenvalue weighted by atomic mass is 10.2. The molecular formula is C11H12ClNO. The molecule has 1 aromatic rings. The molecule has 0 aliphatic heterocycles. The molecule has 0 saturated carbocycles. The Labute approximate surface area is 89.1 Å². The predicted octanol–water partition coefficient (Wildman–Crippen LogP) is 3.39. The number of unbranched alkanes of at least 4 members (excludes halogenated alkanes) is 1. The minimum Gasteiger partial charge on any atom is -0.492 e. The molecule has 0 bridgehead atoms. The topological polar surface area (TPSA) is 33.0 Å². The van der Waals surface area contributed by atoms with E-state index in [1.54, 1.807) is 18.2 Å². The Hall–Kier alpha value is -1.20. The van der Waals surface area contributed by atoms with Crippen molar-refractivity contribution in [3.8, 4) is 11.8 Å². The molecule has 1 rings (SSSR count). The zero-order chi connectivity index (χ0) is 10.4. The predicted molar refractivity (Wildman–Crippen MR) is 56.6 cm³/mol. The fourth-order valence-electron chi connectivity index (χ4n) is 1.03. The van der Waals surface area contributed by atoms with Crippen LogP contribution >= 0.6 is 11.6 Å². The largest absolute Gasteiger partial charge is 0.492 e. The lowest BCUT2D eigenvalue weighted by molar-refractivity contribution is 0.308. The third kappa shape index (κ3) is 2.93. The van der Waals surface area contributed by atoms with Crippen LogP contribution in [0.4, 0.5) is 0 Å². The molecule has 0 atom stereocenters. The molecule has 0 saturated heterocycles. The Morgan fingerprint density at radius 2 is 2.29 bits per heavy atom. The summed E-state index contributed by atoms with van der Waals surface area (Å²) in [5, 5.41) is 9.39. The van der Waals surface area contributed by atoms with Crippen molar-refractivity contribution in [3.63, 3.8) is 0 Å². The van der Waals surface area contributed by atoms with Crippen molar-refractivity contribution >= 4 is 11.6 Å². The third-order valence-corrected chi connectivity index (χ3v) is 2.05. The molecule has 14 heavy (non-hydrogen) atoms. The van der Waals surface area contributed by atoms with Crippen LogP contribution in [0.15, 0.2) is 18.2 Å². The van der Waals surface area contributed by atoms with Gasteiger partial charge in [-0.15, -0.1) is 0 Å². The fraction of sp³-hybridized carbons (Fsp3) is 0.364. The SMILES string of the molecule is CCCCOc1cc(Cl)ccc1C#N. The monoisotopic (exact) mass is 209 g/mol. The maximum atomic E-state index is 8.79. The first kappa shape index (κ1) is 10.9. The molecule has 0 amide bonds. The number of hydrogen-bond acceptors (Lipinski definition) is 2. The molecule has 0 aliphatic carbocycles. The van der Waals surface area contributed by atoms with Crippen LogP contribution in [0.25, 0.3) is 0 Å². The summed E-state index contributed by atoms with van der Waals surface area (Å²) in [5.74, 6) is 0.577. The molecule has 0 fully saturated rings. The molecule has 0 unspecified atom stereocenters. The second-order valence-corrected chi connectivity index (χ2v) is 3.39. The van der Waals surface area contributed by atoms with E-state index in [0.29, 0.717) is 22.9 Å². The van der Waals surface area contributed by atoms with Crippen LogP contribution in [0.2, 0.25) is 5.02 Å². The number of hydrogen-bond donors (Lipinski definition) is 0. The van der Waals surface area contributed by atoms with Gasteiger partial charge in [-0.1, -0.05) is 24.9 Å². The average Bonchev–Trinajstić information content (AvgIpc) is 2.19. The van der Waals surface area contributed by atoms with Crippen LogP contribution in [-0.4, -0.2) is 6.61 Å². The summed E-state index contributed by atoms with van der Waals surface area (Å²) in [7, 11) is 0. The van der Waals surface area contributed by atoms with Crippen molar-refractivity contribution in [2.45, 2.75) is 19.8 Å². The molecular weight excluding hydrogens is 198 g/mol. The highest BCUT2D eigenvalue weighted by atomic mass is 35.5. The lowest BCUT2D eigenvalue weighted by Crippen LogP contribution is -1.98. The summed E-state index contributed by atoms with van der Waals surface area (Å²) in [4.78, 5) is 0. The van der Waals surface area contributed by atoms with Crippen LogP contribution in [0.3, 0.4) is 0 Å². The summed E-state index contributed by atoms with van der Waals surface area (Å²) >= 11 is 5.80. The highest BCUT2D eigenvalue weighted by molar-refractivity contribution is 6.30. The maximum absolute atomic E-state index is 8.79. The van der Waals surface area contributed by atoms with E-state index in [1.165, 1.54) is 0 Å². The van der Waals surface area contributed by atoms with E-state index in [4.69, 9.17) is 21.6 Å². The highest BCUT2D eigenvalue weighted by Gasteiger charge is 2.03. The van der Waals surface area contributed by atoms with E-state index >= 15 is 0 Å². The van der Waals surface area contributed by atoms with Crippen molar-refractivity contribution in [2.75, 3.05) is 6.61 Å². The average molecular weight is 210 g/mol. The second kappa shape index (κ2) is 5.51. The molecule has 0 radical (unpaired) electrons. The molecule has 0 aromatic heterocycles. The summed E-state index contributed by atoms with van der Waals surface area (Å²) in [6, 6.07) is 7.10. The Morgan fingerprint density at radius 1 is 1.50 bits per heavy atom. The van der Waals surface area contributed by atoms with Crippen LogP contribution in [0, 0.1) is 11.3 Å². The maximum Gasteiger partial charge on any atom is 0.138 e. The van der Waals surface area contributed by atoms with Crippen molar-refractivity contribution in [1.29, 1.82) is 5.26 Å². The minimum absolute atomic E-state index is 0.533. The van der Waals surface area contributed by atoms with Crippen molar-refractivity contribution in [2.24, 2.45) is 0 Å². The number of nitrogens with zero attached hydrogens (tertiary/aromatic N) is 1. The number of ether oxygens (including phenoxy) is 1. The van der Waals surface area contributed by atoms with Gasteiger partial charge in [-0.3, -0.25) is 0 Å². The van der Waals surface area contributed by atoms with Crippen molar-refractivity contribution in [1.82, 2.24) is 0 Å². The smallest absolute Gasteiger partial charge is 0.138 e. The highest BCUT2D eigenvalue weighted by Crippen LogP contribution is 2.22. The van der Waals surface area contributed by atoms with Crippen LogP contribution < -0.4 is 4.74 Å². The van der Waals surface area contributed by atoms with Gasteiger partial charge < -0.3 is 4.74 Å². The van der Waals surface area contributed by atoms with Gasteiger partial charge in [-0.2, -0.15) is 5.26 Å². The molecule has 0 N–H and O–H groups in total. The molecule has 2 nitrogen and oxygen atoms in total. The van der Waals surface area contributed by atoms with Gasteiger partial charge in [0.15, 0.2) is 0 Å². The number of halogens is 1. The first-order chi connectivity index (χ1) is 6.77. The van der Waals surface area contributed by atoms with Gasteiger partial charge >= 0.3 is 0 Å². The molecule has 74 valence electrons. The minimum atomic E-state index is 0.533. The van der Waals surface area contributed by atoms with Gasteiger partial charge in [0.25, 0.3) is 0 Å². The molecule has 1 aromatic carbocycles. The Bertz CT molecular complexity index is 344. The first-order valence-electron chi connectivity index (χ1n) is 4.60. The normalized spacial score (nSPS) is 9.50. The third-order valence-electron chi connectivity index (χ3n) is 1.82. The number of nitriles is 1. The van der Waals surface area contributed by atoms with Crippen LogP contribution in [-0.2, 0) is 0 Å². The van der Waals surface area contributed by atoms with E-state index in [-0.39, 0.29) is 0 Å². The molecule has 0 aliphatic rings. The van der Waals surface area contributed by atoms with Crippen molar-refractivity contribution < 1.29 is 4.74 Å². The Morgan fingerprint density at radius 3 is 2.93 bits per heavy atom. The van der Waals surface area contributed by atoms with E-state index in [2.05, 4.69) is 13.0 Å². The molecule has 0 spiro atoms. The van der Waals surface area contributed by atoms with Crippen LogP contribution in [0.1, 0.15) is 25.3 Å². The summed E-state index contributed by atoms with van der Waals surface area (Å²) in [5.41, 5.74) is 0.533. The van der Waals surface area contributed by atoms with E-state index in [9.17, 15) is 0 Å². The summed E-state index contributed by atoms with van der Waals surface area (Å²) in [6.45, 7) is 2.72. The molecule has 0 heterocycles. The van der Waals surface area contributed by atoms with Gasteiger partial charge in [-0.05, 0) is 18.6 Å². The lowest BCUT2D eigenvalue weighted by Gasteiger charge is -2.06. The van der Waals surface area contributed by atoms with Gasteiger partial charge in [0, 0.05) is 11.1 Å². The van der Waals surface area contributed by atoms with Gasteiger partial charge in [0.2, 0.25) is 0 Å². The van der Waals surface area contributed by atoms with Crippen molar-refractivity contribution in [3.05, 3.63) is 28.8 Å². The van der Waals surface area contributed by atoms with E-state index < -0.39 is 0 Å². The standard InChI is InChI=1S/C11H12ClNO/c1-2-3-6-14-11-7-10(12)5-4-9(11)8-13/h4-5,7H,2-3,6H2,1H3. The number of rotatable bonds is 4. The second-order valence-electron chi connectivity index (χ2n) is 2.95. The summed E-state index contributed by atoms with van der Waals surface area (Å²) in [6.07, 6.45) is 2.06. The van der Waals surface area contributed by atoms with Gasteiger partial charge in [0.1, 0.15) is 11.8 Å². The zero-order valence-electron chi connectivity index (χ0n) is 8.09. The fourth-order valence-corrected chi connectivity index (χ4v) is 1.20. The number of benzene rings is 1. The van der Waals surface area contributed by atoms with Gasteiger partial charge in [0.05, 0.1) is 12.2 Å². The Kier molecular flexibility index (Phi) is 4.28. The van der Waals surface area contributed by atoms with E-state index in [0.717, 1.165) is 12.8 Å².